The molecule has 0 aromatic carbocycles. The molecule has 40 valence electrons. The van der Waals surface area contributed by atoms with Gasteiger partial charge in [0.2, 0.25) is 0 Å². The van der Waals surface area contributed by atoms with Crippen LogP contribution in [-0.4, -0.2) is 5.16 Å². The van der Waals surface area contributed by atoms with Gasteiger partial charge in [0.15, 0.2) is 0 Å². The van der Waals surface area contributed by atoms with Crippen molar-refractivity contribution in [3.05, 3.63) is 18.6 Å². The van der Waals surface area contributed by atoms with Gasteiger partial charge in [-0.25, -0.2) is 0 Å². The third-order valence-electron chi connectivity index (χ3n) is 0.990. The molecule has 2 rings (SSSR count). The minimum Gasteiger partial charge on any atom is -0.444 e. The first-order valence-electron chi connectivity index (χ1n) is 2.24. The van der Waals surface area contributed by atoms with Crippen molar-refractivity contribution in [3.8, 4) is 0 Å². The Hall–Kier alpha value is -1.25. The van der Waals surface area contributed by atoms with E-state index in [1.807, 2.05) is 0 Å². The van der Waals surface area contributed by atoms with Crippen molar-refractivity contribution in [1.29, 1.82) is 0 Å². The van der Waals surface area contributed by atoms with Crippen LogP contribution in [0.5, 0.6) is 0 Å². The third kappa shape index (κ3) is 0.307. The van der Waals surface area contributed by atoms with Crippen molar-refractivity contribution in [2.24, 2.45) is 0 Å². The summed E-state index contributed by atoms with van der Waals surface area (Å²) in [5, 5.41) is 4.44. The van der Waals surface area contributed by atoms with Crippen LogP contribution in [-0.2, 0) is 0 Å². The molecule has 0 bridgehead atoms. The molecule has 0 fully saturated rings. The lowest BCUT2D eigenvalue weighted by Crippen LogP contribution is -1.49. The average molecular weight is 109 g/mol. The summed E-state index contributed by atoms with van der Waals surface area (Å²) in [7, 11) is 0. The fourth-order valence-corrected chi connectivity index (χ4v) is 0.606. The average Bonchev–Trinajstić information content (AvgIpc) is 2.15. The van der Waals surface area contributed by atoms with Crippen LogP contribution in [0.4, 0.5) is 0 Å². The van der Waals surface area contributed by atoms with Crippen LogP contribution in [0.1, 0.15) is 0 Å². The van der Waals surface area contributed by atoms with Crippen molar-refractivity contribution in [1.82, 2.24) is 5.16 Å². The van der Waals surface area contributed by atoms with Crippen molar-refractivity contribution >= 4 is 11.1 Å². The zero-order chi connectivity index (χ0) is 5.40. The lowest BCUT2D eigenvalue weighted by Gasteiger charge is -1.62. The highest BCUT2D eigenvalue weighted by atomic mass is 16.5. The second kappa shape index (κ2) is 1.12. The van der Waals surface area contributed by atoms with Crippen LogP contribution >= 0.6 is 0 Å². The lowest BCUT2D eigenvalue weighted by molar-refractivity contribution is 0.410. The molecule has 0 saturated carbocycles. The van der Waals surface area contributed by atoms with E-state index in [9.17, 15) is 0 Å². The fourth-order valence-electron chi connectivity index (χ4n) is 0.606. The van der Waals surface area contributed by atoms with Crippen molar-refractivity contribution in [2.45, 2.75) is 0 Å². The predicted molar refractivity (Wildman–Crippen MR) is 26.3 cm³/mol. The first-order chi connectivity index (χ1) is 3.97. The molecule has 0 saturated heterocycles. The van der Waals surface area contributed by atoms with E-state index in [0.29, 0.717) is 5.71 Å². The Labute approximate surface area is 44.9 Å². The van der Waals surface area contributed by atoms with E-state index in [2.05, 4.69) is 9.68 Å². The van der Waals surface area contributed by atoms with Gasteiger partial charge in [-0.05, 0) is 11.2 Å². The maximum atomic E-state index is 4.85. The van der Waals surface area contributed by atoms with Crippen LogP contribution in [0.25, 0.3) is 11.1 Å². The summed E-state index contributed by atoms with van der Waals surface area (Å²) in [4.78, 5) is 0. The van der Waals surface area contributed by atoms with Crippen molar-refractivity contribution < 1.29 is 8.94 Å². The Kier molecular flexibility index (Phi) is 0.521. The molecule has 3 nitrogen and oxygen atoms in total. The molecule has 0 amide bonds. The van der Waals surface area contributed by atoms with Gasteiger partial charge in [0.25, 0.3) is 5.71 Å². The summed E-state index contributed by atoms with van der Waals surface area (Å²) in [6.45, 7) is 0. The Balaban J connectivity index is 3.06. The number of aromatic nitrogens is 1. The number of hydrogen-bond acceptors (Lipinski definition) is 3. The Bertz CT molecular complexity index is 232. The normalized spacial score (nSPS) is 10.5. The summed E-state index contributed by atoms with van der Waals surface area (Å²) in [6, 6.07) is 1.80. The molecular weight excluding hydrogens is 106 g/mol. The number of hydrogen-bond donors (Lipinski definition) is 0. The standard InChI is InChI=1S/C5H3NO2/c1-2-7-5-4(1)3-8-6-5/h1-3H. The van der Waals surface area contributed by atoms with Gasteiger partial charge in [-0.1, -0.05) is 0 Å². The highest BCUT2D eigenvalue weighted by molar-refractivity contribution is 5.70. The summed E-state index contributed by atoms with van der Waals surface area (Å²) in [5.41, 5.74) is 0.560. The molecule has 0 spiro atoms. The SMILES string of the molecule is c1cc2conc2o1. The fraction of sp³-hybridized carbons (Fsp3) is 0. The molecule has 2 aromatic rings. The van der Waals surface area contributed by atoms with E-state index < -0.39 is 0 Å². The minimum atomic E-state index is 0.560. The largest absolute Gasteiger partial charge is 0.444 e. The molecule has 2 aromatic heterocycles. The van der Waals surface area contributed by atoms with E-state index in [1.165, 1.54) is 0 Å². The summed E-state index contributed by atoms with van der Waals surface area (Å²) >= 11 is 0. The molecular formula is C5H3NO2. The topological polar surface area (TPSA) is 39.2 Å². The highest BCUT2D eigenvalue weighted by Crippen LogP contribution is 2.10. The van der Waals surface area contributed by atoms with Gasteiger partial charge in [-0.3, -0.25) is 0 Å². The monoisotopic (exact) mass is 109 g/mol. The van der Waals surface area contributed by atoms with Gasteiger partial charge < -0.3 is 8.94 Å². The number of rotatable bonds is 0. The number of fused-ring (bicyclic) bond motifs is 1. The van der Waals surface area contributed by atoms with Gasteiger partial charge in [-0.15, -0.1) is 0 Å². The van der Waals surface area contributed by atoms with E-state index in [4.69, 9.17) is 4.42 Å². The molecule has 0 unspecified atom stereocenters. The molecule has 0 atom stereocenters. The second-order valence-electron chi connectivity index (χ2n) is 1.50. The van der Waals surface area contributed by atoms with Crippen LogP contribution in [0.2, 0.25) is 0 Å². The third-order valence-corrected chi connectivity index (χ3v) is 0.990. The molecule has 0 aliphatic rings. The summed E-state index contributed by atoms with van der Waals surface area (Å²) in [5.74, 6) is 0. The molecule has 0 aliphatic heterocycles. The van der Waals surface area contributed by atoms with Gasteiger partial charge in [-0.2, -0.15) is 0 Å². The van der Waals surface area contributed by atoms with E-state index >= 15 is 0 Å². The maximum Gasteiger partial charge on any atom is 0.266 e. The summed E-state index contributed by atoms with van der Waals surface area (Å²) in [6.07, 6.45) is 3.12. The molecule has 3 heteroatoms. The number of furan rings is 1. The van der Waals surface area contributed by atoms with E-state index in [0.717, 1.165) is 5.39 Å². The smallest absolute Gasteiger partial charge is 0.266 e. The first-order valence-corrected chi connectivity index (χ1v) is 2.24. The van der Waals surface area contributed by atoms with Crippen molar-refractivity contribution in [3.63, 3.8) is 0 Å². The molecule has 0 aliphatic carbocycles. The Morgan fingerprint density at radius 1 is 1.50 bits per heavy atom. The Morgan fingerprint density at radius 2 is 2.50 bits per heavy atom. The molecule has 2 heterocycles. The highest BCUT2D eigenvalue weighted by Gasteiger charge is 1.96. The van der Waals surface area contributed by atoms with Gasteiger partial charge in [0, 0.05) is 0 Å². The second-order valence-corrected chi connectivity index (χ2v) is 1.50. The molecule has 0 radical (unpaired) electrons. The van der Waals surface area contributed by atoms with Crippen molar-refractivity contribution in [2.75, 3.05) is 0 Å². The van der Waals surface area contributed by atoms with Crippen LogP contribution < -0.4 is 0 Å². The zero-order valence-corrected chi connectivity index (χ0v) is 4.00. The maximum absolute atomic E-state index is 4.85. The minimum absolute atomic E-state index is 0.560. The Morgan fingerprint density at radius 3 is 3.38 bits per heavy atom. The summed E-state index contributed by atoms with van der Waals surface area (Å²) < 4.78 is 9.41. The predicted octanol–water partition coefficient (Wildman–Crippen LogP) is 1.42. The van der Waals surface area contributed by atoms with E-state index in [1.54, 1.807) is 18.6 Å². The van der Waals surface area contributed by atoms with Gasteiger partial charge >= 0.3 is 0 Å². The molecule has 0 N–H and O–H groups in total. The lowest BCUT2D eigenvalue weighted by atomic mass is 10.5. The van der Waals surface area contributed by atoms with E-state index in [-0.39, 0.29) is 0 Å². The number of nitrogens with zero attached hydrogens (tertiary/aromatic N) is 1. The quantitative estimate of drug-likeness (QED) is 0.513. The van der Waals surface area contributed by atoms with Crippen LogP contribution in [0.15, 0.2) is 27.5 Å². The van der Waals surface area contributed by atoms with Crippen LogP contribution in [0.3, 0.4) is 0 Å². The molecule has 8 heavy (non-hydrogen) atoms. The van der Waals surface area contributed by atoms with Gasteiger partial charge in [0.1, 0.15) is 6.26 Å². The zero-order valence-electron chi connectivity index (χ0n) is 4.00. The van der Waals surface area contributed by atoms with Gasteiger partial charge in [0.05, 0.1) is 11.6 Å². The van der Waals surface area contributed by atoms with Crippen LogP contribution in [0, 0.1) is 0 Å². The first kappa shape index (κ1) is 3.72.